The zero-order chi connectivity index (χ0) is 11.1. The van der Waals surface area contributed by atoms with Gasteiger partial charge in [-0.25, -0.2) is 4.79 Å². The molecule has 3 aromatic rings. The number of aromatic nitrogens is 3. The minimum absolute atomic E-state index is 0.148. The van der Waals surface area contributed by atoms with Crippen LogP contribution in [0.15, 0.2) is 22.9 Å². The lowest BCUT2D eigenvalue weighted by Gasteiger charge is -1.88. The summed E-state index contributed by atoms with van der Waals surface area (Å²) < 4.78 is 1.36. The molecule has 0 amide bonds. The highest BCUT2D eigenvalue weighted by molar-refractivity contribution is 7.15. The Labute approximate surface area is 97.6 Å². The third-order valence-electron chi connectivity index (χ3n) is 2.04. The number of nitrogens with zero attached hydrogens (tertiary/aromatic N) is 3. The van der Waals surface area contributed by atoms with Gasteiger partial charge in [-0.1, -0.05) is 6.07 Å². The van der Waals surface area contributed by atoms with Crippen LogP contribution in [-0.4, -0.2) is 25.7 Å². The summed E-state index contributed by atoms with van der Waals surface area (Å²) in [5.74, 6) is -0.418. The van der Waals surface area contributed by atoms with E-state index in [1.54, 1.807) is 0 Å². The minimum atomic E-state index is -0.992. The van der Waals surface area contributed by atoms with Gasteiger partial charge in [0.15, 0.2) is 11.5 Å². The van der Waals surface area contributed by atoms with E-state index in [-0.39, 0.29) is 5.69 Å². The second kappa shape index (κ2) is 3.39. The van der Waals surface area contributed by atoms with E-state index in [0.717, 1.165) is 4.88 Å². The van der Waals surface area contributed by atoms with Crippen molar-refractivity contribution in [1.29, 1.82) is 0 Å². The zero-order valence-electron chi connectivity index (χ0n) is 7.82. The van der Waals surface area contributed by atoms with Gasteiger partial charge in [0.05, 0.1) is 4.88 Å². The second-order valence-corrected chi connectivity index (χ2v) is 4.82. The molecule has 5 nitrogen and oxygen atoms in total. The van der Waals surface area contributed by atoms with Crippen molar-refractivity contribution < 1.29 is 9.90 Å². The van der Waals surface area contributed by atoms with Gasteiger partial charge in [0, 0.05) is 5.38 Å². The first-order valence-corrected chi connectivity index (χ1v) is 6.13. The van der Waals surface area contributed by atoms with Gasteiger partial charge in [0.25, 0.3) is 0 Å². The molecule has 0 unspecified atom stereocenters. The number of rotatable bonds is 2. The Morgan fingerprint density at radius 2 is 2.31 bits per heavy atom. The molecule has 3 rings (SSSR count). The average molecular weight is 251 g/mol. The summed E-state index contributed by atoms with van der Waals surface area (Å²) in [5, 5.41) is 16.6. The summed E-state index contributed by atoms with van der Waals surface area (Å²) in [4.78, 5) is 16.7. The van der Waals surface area contributed by atoms with Gasteiger partial charge in [0.1, 0.15) is 0 Å². The van der Waals surface area contributed by atoms with Gasteiger partial charge < -0.3 is 5.11 Å². The molecule has 0 saturated carbocycles. The minimum Gasteiger partial charge on any atom is -0.476 e. The molecule has 0 aliphatic heterocycles. The number of hydrogen-bond donors (Lipinski definition) is 1. The van der Waals surface area contributed by atoms with Crippen LogP contribution in [0.5, 0.6) is 0 Å². The molecule has 0 aliphatic rings. The number of carboxylic acids is 1. The van der Waals surface area contributed by atoms with Crippen LogP contribution in [-0.2, 0) is 0 Å². The summed E-state index contributed by atoms with van der Waals surface area (Å²) in [7, 11) is 0. The predicted molar refractivity (Wildman–Crippen MR) is 61.1 cm³/mol. The topological polar surface area (TPSA) is 67.5 Å². The van der Waals surface area contributed by atoms with E-state index in [0.29, 0.717) is 10.8 Å². The first kappa shape index (κ1) is 9.49. The summed E-state index contributed by atoms with van der Waals surface area (Å²) in [5.41, 5.74) is 0.148. The van der Waals surface area contributed by atoms with E-state index < -0.39 is 5.97 Å². The molecule has 0 aromatic carbocycles. The molecule has 0 radical (unpaired) electrons. The molecular weight excluding hydrogens is 246 g/mol. The van der Waals surface area contributed by atoms with E-state index in [1.807, 2.05) is 17.5 Å². The van der Waals surface area contributed by atoms with Crippen molar-refractivity contribution >= 4 is 33.6 Å². The maximum atomic E-state index is 10.9. The number of fused-ring (bicyclic) bond motifs is 1. The molecule has 0 aliphatic carbocycles. The van der Waals surface area contributed by atoms with E-state index in [9.17, 15) is 4.79 Å². The van der Waals surface area contributed by atoms with Gasteiger partial charge in [0.2, 0.25) is 4.96 Å². The Balaban J connectivity index is 2.20. The molecule has 0 saturated heterocycles. The standard InChI is InChI=1S/C9H5N3O2S2/c13-8(14)5-4-16-9-10-7(11-12(5)9)6-2-1-3-15-6/h1-4H,(H,13,14). The maximum Gasteiger partial charge on any atom is 0.355 e. The lowest BCUT2D eigenvalue weighted by atomic mass is 10.4. The average Bonchev–Trinajstić information content (AvgIpc) is 2.92. The van der Waals surface area contributed by atoms with Gasteiger partial charge in [-0.05, 0) is 11.4 Å². The summed E-state index contributed by atoms with van der Waals surface area (Å²) in [6.45, 7) is 0. The molecule has 0 bridgehead atoms. The molecular formula is C9H5N3O2S2. The number of carbonyl (C=O) groups is 1. The van der Waals surface area contributed by atoms with Crippen molar-refractivity contribution in [3.8, 4) is 10.7 Å². The smallest absolute Gasteiger partial charge is 0.355 e. The largest absolute Gasteiger partial charge is 0.476 e. The van der Waals surface area contributed by atoms with Gasteiger partial charge in [-0.15, -0.1) is 27.8 Å². The number of carboxylic acid groups (broad SMARTS) is 1. The summed E-state index contributed by atoms with van der Waals surface area (Å²) >= 11 is 2.80. The molecule has 1 N–H and O–H groups in total. The van der Waals surface area contributed by atoms with Crippen LogP contribution in [0.1, 0.15) is 10.5 Å². The molecule has 3 aromatic heterocycles. The fourth-order valence-corrected chi connectivity index (χ4v) is 2.79. The van der Waals surface area contributed by atoms with Crippen molar-refractivity contribution in [2.24, 2.45) is 0 Å². The lowest BCUT2D eigenvalue weighted by molar-refractivity contribution is 0.0688. The highest BCUT2D eigenvalue weighted by Gasteiger charge is 2.15. The fourth-order valence-electron chi connectivity index (χ4n) is 1.34. The first-order chi connectivity index (χ1) is 7.75. The highest BCUT2D eigenvalue weighted by Crippen LogP contribution is 2.24. The van der Waals surface area contributed by atoms with E-state index in [2.05, 4.69) is 10.1 Å². The fraction of sp³-hybridized carbons (Fsp3) is 0. The third-order valence-corrected chi connectivity index (χ3v) is 3.72. The normalized spacial score (nSPS) is 11.0. The predicted octanol–water partition coefficient (Wildman–Crippen LogP) is 2.22. The van der Waals surface area contributed by atoms with Gasteiger partial charge in [-0.2, -0.15) is 9.50 Å². The lowest BCUT2D eigenvalue weighted by Crippen LogP contribution is -2.01. The van der Waals surface area contributed by atoms with E-state index >= 15 is 0 Å². The number of hydrogen-bond acceptors (Lipinski definition) is 5. The van der Waals surface area contributed by atoms with Crippen LogP contribution in [0.3, 0.4) is 0 Å². The van der Waals surface area contributed by atoms with Crippen molar-refractivity contribution in [3.05, 3.63) is 28.6 Å². The second-order valence-electron chi connectivity index (χ2n) is 3.03. The molecule has 7 heteroatoms. The number of thiazole rings is 1. The summed E-state index contributed by atoms with van der Waals surface area (Å²) in [6, 6.07) is 3.82. The van der Waals surface area contributed by atoms with Crippen LogP contribution in [0.25, 0.3) is 15.7 Å². The third kappa shape index (κ3) is 1.33. The quantitative estimate of drug-likeness (QED) is 0.758. The van der Waals surface area contributed by atoms with Crippen molar-refractivity contribution in [3.63, 3.8) is 0 Å². The molecule has 0 spiro atoms. The number of thiophene rings is 1. The van der Waals surface area contributed by atoms with Gasteiger partial charge in [-0.3, -0.25) is 0 Å². The first-order valence-electron chi connectivity index (χ1n) is 4.37. The summed E-state index contributed by atoms with van der Waals surface area (Å²) in [6.07, 6.45) is 0. The van der Waals surface area contributed by atoms with Crippen LogP contribution in [0.2, 0.25) is 0 Å². The Morgan fingerprint density at radius 3 is 3.00 bits per heavy atom. The molecule has 3 heterocycles. The van der Waals surface area contributed by atoms with E-state index in [1.165, 1.54) is 32.6 Å². The maximum absolute atomic E-state index is 10.9. The van der Waals surface area contributed by atoms with Crippen LogP contribution in [0.4, 0.5) is 0 Å². The Kier molecular flexibility index (Phi) is 2.01. The Hall–Kier alpha value is -1.73. The molecule has 80 valence electrons. The van der Waals surface area contributed by atoms with Crippen molar-refractivity contribution in [2.75, 3.05) is 0 Å². The molecule has 0 atom stereocenters. The van der Waals surface area contributed by atoms with Crippen LogP contribution >= 0.6 is 22.7 Å². The van der Waals surface area contributed by atoms with Crippen molar-refractivity contribution in [1.82, 2.24) is 14.6 Å². The van der Waals surface area contributed by atoms with Crippen LogP contribution in [0, 0.1) is 0 Å². The monoisotopic (exact) mass is 251 g/mol. The van der Waals surface area contributed by atoms with Gasteiger partial charge >= 0.3 is 5.97 Å². The Bertz CT molecular complexity index is 653. The SMILES string of the molecule is O=C(O)c1csc2nc(-c3cccs3)nn12. The zero-order valence-corrected chi connectivity index (χ0v) is 9.46. The number of aromatic carboxylic acids is 1. The van der Waals surface area contributed by atoms with Crippen LogP contribution < -0.4 is 0 Å². The highest BCUT2D eigenvalue weighted by atomic mass is 32.1. The molecule has 16 heavy (non-hydrogen) atoms. The molecule has 0 fully saturated rings. The van der Waals surface area contributed by atoms with E-state index in [4.69, 9.17) is 5.11 Å². The Morgan fingerprint density at radius 1 is 1.44 bits per heavy atom. The van der Waals surface area contributed by atoms with Crippen molar-refractivity contribution in [2.45, 2.75) is 0 Å².